The van der Waals surface area contributed by atoms with E-state index >= 15 is 0 Å². The molecule has 0 amide bonds. The second kappa shape index (κ2) is 5.64. The van der Waals surface area contributed by atoms with Crippen LogP contribution in [-0.4, -0.2) is 31.8 Å². The van der Waals surface area contributed by atoms with Crippen molar-refractivity contribution in [3.63, 3.8) is 0 Å². The van der Waals surface area contributed by atoms with Gasteiger partial charge in [0.25, 0.3) is 0 Å². The molecule has 0 bridgehead atoms. The zero-order valence-corrected chi connectivity index (χ0v) is 10.5. The minimum absolute atomic E-state index is 0.202. The van der Waals surface area contributed by atoms with Crippen LogP contribution in [0.2, 0.25) is 0 Å². The van der Waals surface area contributed by atoms with Crippen molar-refractivity contribution in [1.82, 2.24) is 0 Å². The number of methoxy groups -OCH3 is 1. The van der Waals surface area contributed by atoms with Gasteiger partial charge in [-0.15, -0.1) is 0 Å². The molecular formula is C12H23NO3. The Balaban J connectivity index is 2.35. The zero-order valence-electron chi connectivity index (χ0n) is 10.5. The average molecular weight is 229 g/mol. The maximum absolute atomic E-state index is 11.4. The normalized spacial score (nSPS) is 26.5. The van der Waals surface area contributed by atoms with Gasteiger partial charge in [0.15, 0.2) is 0 Å². The molecule has 0 aliphatic heterocycles. The molecule has 0 aromatic heterocycles. The second-order valence-electron chi connectivity index (χ2n) is 5.24. The smallest absolute Gasteiger partial charge is 0.313 e. The van der Waals surface area contributed by atoms with E-state index < -0.39 is 5.41 Å². The number of carbonyl (C=O) groups is 1. The summed E-state index contributed by atoms with van der Waals surface area (Å²) in [6.07, 6.45) is 4.35. The minimum Gasteiger partial charge on any atom is -0.469 e. The lowest BCUT2D eigenvalue weighted by Crippen LogP contribution is -2.37. The molecule has 1 aliphatic carbocycles. The summed E-state index contributed by atoms with van der Waals surface area (Å²) in [5, 5.41) is 0. The molecule has 0 spiro atoms. The van der Waals surface area contributed by atoms with Gasteiger partial charge in [-0.2, -0.15) is 0 Å². The van der Waals surface area contributed by atoms with E-state index in [2.05, 4.69) is 0 Å². The minimum atomic E-state index is -0.573. The SMILES string of the molecule is COC(=O)C(C)(C)COC1CCCC(N)C1. The van der Waals surface area contributed by atoms with Crippen LogP contribution in [0.3, 0.4) is 0 Å². The zero-order chi connectivity index (χ0) is 12.2. The van der Waals surface area contributed by atoms with Gasteiger partial charge >= 0.3 is 5.97 Å². The first-order chi connectivity index (χ1) is 7.45. The van der Waals surface area contributed by atoms with Gasteiger partial charge < -0.3 is 15.2 Å². The topological polar surface area (TPSA) is 61.5 Å². The molecule has 94 valence electrons. The lowest BCUT2D eigenvalue weighted by molar-refractivity contribution is -0.156. The summed E-state index contributed by atoms with van der Waals surface area (Å²) in [5.74, 6) is -0.229. The van der Waals surface area contributed by atoms with Crippen LogP contribution in [0.25, 0.3) is 0 Å². The molecule has 4 nitrogen and oxygen atoms in total. The van der Waals surface area contributed by atoms with Crippen molar-refractivity contribution < 1.29 is 14.3 Å². The summed E-state index contributed by atoms with van der Waals surface area (Å²) in [4.78, 5) is 11.4. The van der Waals surface area contributed by atoms with E-state index in [1.807, 2.05) is 13.8 Å². The Labute approximate surface area is 97.5 Å². The number of hydrogen-bond acceptors (Lipinski definition) is 4. The summed E-state index contributed by atoms with van der Waals surface area (Å²) in [5.41, 5.74) is 5.31. The first kappa shape index (κ1) is 13.5. The molecule has 16 heavy (non-hydrogen) atoms. The van der Waals surface area contributed by atoms with Crippen LogP contribution < -0.4 is 5.73 Å². The number of esters is 1. The Morgan fingerprint density at radius 2 is 2.12 bits per heavy atom. The molecule has 0 radical (unpaired) electrons. The Morgan fingerprint density at radius 1 is 1.44 bits per heavy atom. The van der Waals surface area contributed by atoms with Crippen molar-refractivity contribution in [2.45, 2.75) is 51.7 Å². The van der Waals surface area contributed by atoms with Crippen LogP contribution >= 0.6 is 0 Å². The second-order valence-corrected chi connectivity index (χ2v) is 5.24. The third-order valence-corrected chi connectivity index (χ3v) is 3.08. The highest BCUT2D eigenvalue weighted by Crippen LogP contribution is 2.24. The van der Waals surface area contributed by atoms with Gasteiger partial charge in [0.05, 0.1) is 25.2 Å². The number of hydrogen-bond donors (Lipinski definition) is 1. The highest BCUT2D eigenvalue weighted by Gasteiger charge is 2.31. The van der Waals surface area contributed by atoms with E-state index in [1.165, 1.54) is 7.11 Å². The molecule has 4 heteroatoms. The standard InChI is InChI=1S/C12H23NO3/c1-12(2,11(14)15-3)8-16-10-6-4-5-9(13)7-10/h9-10H,4-8,13H2,1-3H3. The van der Waals surface area contributed by atoms with Gasteiger partial charge in [-0.1, -0.05) is 0 Å². The monoisotopic (exact) mass is 229 g/mol. The van der Waals surface area contributed by atoms with E-state index in [4.69, 9.17) is 15.2 Å². The fourth-order valence-corrected chi connectivity index (χ4v) is 1.99. The molecule has 0 heterocycles. The highest BCUT2D eigenvalue weighted by atomic mass is 16.5. The van der Waals surface area contributed by atoms with Crippen molar-refractivity contribution in [1.29, 1.82) is 0 Å². The largest absolute Gasteiger partial charge is 0.469 e. The van der Waals surface area contributed by atoms with E-state index in [-0.39, 0.29) is 18.1 Å². The highest BCUT2D eigenvalue weighted by molar-refractivity contribution is 5.75. The molecule has 1 fully saturated rings. The molecule has 1 saturated carbocycles. The number of ether oxygens (including phenoxy) is 2. The van der Waals surface area contributed by atoms with Crippen LogP contribution in [0.15, 0.2) is 0 Å². The van der Waals surface area contributed by atoms with E-state index in [1.54, 1.807) is 0 Å². The summed E-state index contributed by atoms with van der Waals surface area (Å²) >= 11 is 0. The average Bonchev–Trinajstić information content (AvgIpc) is 2.25. The third-order valence-electron chi connectivity index (χ3n) is 3.08. The fourth-order valence-electron chi connectivity index (χ4n) is 1.99. The predicted octanol–water partition coefficient (Wildman–Crippen LogP) is 1.47. The van der Waals surface area contributed by atoms with E-state index in [0.29, 0.717) is 6.61 Å². The molecule has 1 aliphatic rings. The van der Waals surface area contributed by atoms with Crippen molar-refractivity contribution in [2.24, 2.45) is 11.1 Å². The maximum atomic E-state index is 11.4. The summed E-state index contributed by atoms with van der Waals surface area (Å²) in [6.45, 7) is 4.07. The van der Waals surface area contributed by atoms with Crippen LogP contribution in [0.4, 0.5) is 0 Å². The van der Waals surface area contributed by atoms with Gasteiger partial charge in [0.2, 0.25) is 0 Å². The Morgan fingerprint density at radius 3 is 2.69 bits per heavy atom. The van der Waals surface area contributed by atoms with Gasteiger partial charge in [0.1, 0.15) is 0 Å². The number of carbonyl (C=O) groups excluding carboxylic acids is 1. The molecule has 0 aromatic rings. The molecule has 0 saturated heterocycles. The van der Waals surface area contributed by atoms with Crippen molar-refractivity contribution in [3.05, 3.63) is 0 Å². The molecule has 0 aromatic carbocycles. The van der Waals surface area contributed by atoms with Gasteiger partial charge in [-0.25, -0.2) is 0 Å². The summed E-state index contributed by atoms with van der Waals surface area (Å²) in [6, 6.07) is 0.250. The van der Waals surface area contributed by atoms with Crippen LogP contribution in [0, 0.1) is 5.41 Å². The van der Waals surface area contributed by atoms with E-state index in [9.17, 15) is 4.79 Å². The molecule has 2 N–H and O–H groups in total. The van der Waals surface area contributed by atoms with Crippen molar-refractivity contribution in [2.75, 3.05) is 13.7 Å². The lowest BCUT2D eigenvalue weighted by Gasteiger charge is -2.30. The first-order valence-electron chi connectivity index (χ1n) is 5.91. The quantitative estimate of drug-likeness (QED) is 0.742. The van der Waals surface area contributed by atoms with Gasteiger partial charge in [-0.3, -0.25) is 4.79 Å². The predicted molar refractivity (Wildman–Crippen MR) is 62.0 cm³/mol. The summed E-state index contributed by atoms with van der Waals surface area (Å²) in [7, 11) is 1.40. The molecule has 2 atom stereocenters. The first-order valence-corrected chi connectivity index (χ1v) is 5.91. The summed E-state index contributed by atoms with van der Waals surface area (Å²) < 4.78 is 10.5. The lowest BCUT2D eigenvalue weighted by atomic mass is 9.92. The maximum Gasteiger partial charge on any atom is 0.313 e. The number of nitrogens with two attached hydrogens (primary N) is 1. The Hall–Kier alpha value is -0.610. The van der Waals surface area contributed by atoms with Crippen LogP contribution in [0.1, 0.15) is 39.5 Å². The van der Waals surface area contributed by atoms with Gasteiger partial charge in [-0.05, 0) is 39.5 Å². The molecule has 2 unspecified atom stereocenters. The Kier molecular flexibility index (Phi) is 4.74. The Bertz CT molecular complexity index is 240. The van der Waals surface area contributed by atoms with E-state index in [0.717, 1.165) is 25.7 Å². The van der Waals surface area contributed by atoms with Crippen molar-refractivity contribution >= 4 is 5.97 Å². The number of rotatable bonds is 4. The molecule has 1 rings (SSSR count). The van der Waals surface area contributed by atoms with Crippen molar-refractivity contribution in [3.8, 4) is 0 Å². The third kappa shape index (κ3) is 3.76. The van der Waals surface area contributed by atoms with Crippen LogP contribution in [0.5, 0.6) is 0 Å². The fraction of sp³-hybridized carbons (Fsp3) is 0.917. The van der Waals surface area contributed by atoms with Gasteiger partial charge in [0, 0.05) is 6.04 Å². The molecular weight excluding hydrogens is 206 g/mol. The van der Waals surface area contributed by atoms with Crippen LogP contribution in [-0.2, 0) is 14.3 Å².